The summed E-state index contributed by atoms with van der Waals surface area (Å²) in [6.07, 6.45) is 2.98. The first-order valence-corrected chi connectivity index (χ1v) is 13.2. The maximum atomic E-state index is 10.4. The molecule has 8 heteroatoms. The predicted octanol–water partition coefficient (Wildman–Crippen LogP) is 5.25. The highest BCUT2D eigenvalue weighted by molar-refractivity contribution is 5.67. The molecule has 0 spiro atoms. The number of ether oxygens (including phenoxy) is 6. The summed E-state index contributed by atoms with van der Waals surface area (Å²) in [5.41, 5.74) is 1.48. The van der Waals surface area contributed by atoms with Crippen molar-refractivity contribution in [1.82, 2.24) is 4.90 Å². The van der Waals surface area contributed by atoms with Crippen LogP contribution in [0.5, 0.6) is 34.5 Å². The summed E-state index contributed by atoms with van der Waals surface area (Å²) in [6.45, 7) is 5.28. The third-order valence-electron chi connectivity index (χ3n) is 8.27. The highest BCUT2D eigenvalue weighted by Crippen LogP contribution is 2.52. The molecule has 4 rings (SSSR count). The van der Waals surface area contributed by atoms with Gasteiger partial charge in [-0.3, -0.25) is 4.90 Å². The third-order valence-corrected chi connectivity index (χ3v) is 8.27. The molecule has 0 aliphatic carbocycles. The van der Waals surface area contributed by atoms with E-state index in [0.29, 0.717) is 41.9 Å². The molecule has 0 saturated heterocycles. The monoisotopic (exact) mass is 524 g/mol. The largest absolute Gasteiger partial charge is 0.492 e. The van der Waals surface area contributed by atoms with Crippen LogP contribution in [0.3, 0.4) is 0 Å². The molecule has 8 nitrogen and oxygen atoms in total. The van der Waals surface area contributed by atoms with E-state index in [9.17, 15) is 5.26 Å². The Morgan fingerprint density at radius 3 is 2.16 bits per heavy atom. The van der Waals surface area contributed by atoms with Crippen molar-refractivity contribution in [3.05, 3.63) is 35.4 Å². The van der Waals surface area contributed by atoms with Crippen molar-refractivity contribution in [2.24, 2.45) is 11.3 Å². The second-order valence-electron chi connectivity index (χ2n) is 10.4. The molecule has 2 aliphatic heterocycles. The minimum absolute atomic E-state index is 0.109. The number of nitrogens with zero attached hydrogens (tertiary/aromatic N) is 2. The zero-order chi connectivity index (χ0) is 27.4. The summed E-state index contributed by atoms with van der Waals surface area (Å²) < 4.78 is 35.3. The van der Waals surface area contributed by atoms with Gasteiger partial charge in [-0.25, -0.2) is 0 Å². The van der Waals surface area contributed by atoms with Crippen molar-refractivity contribution in [2.75, 3.05) is 42.1 Å². The Morgan fingerprint density at radius 1 is 0.974 bits per heavy atom. The molecule has 0 radical (unpaired) electrons. The average molecular weight is 525 g/mol. The van der Waals surface area contributed by atoms with Gasteiger partial charge in [0.25, 0.3) is 0 Å². The number of likely N-dealkylation sites (N-methyl/N-ethyl adjacent to an activating group) is 1. The predicted molar refractivity (Wildman–Crippen MR) is 145 cm³/mol. The fraction of sp³-hybridized carbons (Fsp3) is 0.567. The van der Waals surface area contributed by atoms with Crippen LogP contribution in [0.2, 0.25) is 0 Å². The van der Waals surface area contributed by atoms with Gasteiger partial charge in [-0.1, -0.05) is 32.4 Å². The molecular formula is C30H40N2O6. The number of hydrogen-bond donors (Lipinski definition) is 0. The van der Waals surface area contributed by atoms with Crippen LogP contribution >= 0.6 is 0 Å². The van der Waals surface area contributed by atoms with Crippen LogP contribution in [0.25, 0.3) is 0 Å². The van der Waals surface area contributed by atoms with E-state index in [1.807, 2.05) is 24.3 Å². The lowest BCUT2D eigenvalue weighted by Crippen LogP contribution is -2.48. The van der Waals surface area contributed by atoms with Crippen LogP contribution in [0.1, 0.15) is 44.2 Å². The van der Waals surface area contributed by atoms with Crippen molar-refractivity contribution in [3.8, 4) is 40.6 Å². The maximum absolute atomic E-state index is 10.4. The van der Waals surface area contributed by atoms with Crippen LogP contribution in [-0.4, -0.2) is 59.1 Å². The van der Waals surface area contributed by atoms with Crippen LogP contribution in [0.15, 0.2) is 24.3 Å². The van der Waals surface area contributed by atoms with E-state index in [1.54, 1.807) is 28.4 Å². The van der Waals surface area contributed by atoms with Crippen molar-refractivity contribution in [3.63, 3.8) is 0 Å². The second-order valence-corrected chi connectivity index (χ2v) is 10.4. The van der Waals surface area contributed by atoms with Crippen molar-refractivity contribution >= 4 is 0 Å². The number of fused-ring (bicyclic) bond motifs is 2. The van der Waals surface area contributed by atoms with E-state index in [1.165, 1.54) is 0 Å². The number of rotatable bonds is 10. The number of nitriles is 1. The molecule has 3 unspecified atom stereocenters. The van der Waals surface area contributed by atoms with E-state index < -0.39 is 5.41 Å². The topological polar surface area (TPSA) is 82.4 Å². The molecule has 0 amide bonds. The molecule has 38 heavy (non-hydrogen) atoms. The average Bonchev–Trinajstić information content (AvgIpc) is 2.93. The molecular weight excluding hydrogens is 484 g/mol. The van der Waals surface area contributed by atoms with E-state index in [0.717, 1.165) is 42.6 Å². The molecule has 2 aromatic rings. The van der Waals surface area contributed by atoms with Crippen molar-refractivity contribution in [2.45, 2.75) is 58.2 Å². The number of methoxy groups -OCH3 is 4. The molecule has 0 saturated carbocycles. The summed E-state index contributed by atoms with van der Waals surface area (Å²) in [7, 11) is 8.66. The summed E-state index contributed by atoms with van der Waals surface area (Å²) in [5, 5.41) is 10.4. The smallest absolute Gasteiger partial charge is 0.207 e. The second kappa shape index (κ2) is 11.6. The number of hydrogen-bond acceptors (Lipinski definition) is 8. The van der Waals surface area contributed by atoms with Gasteiger partial charge >= 0.3 is 0 Å². The quantitative estimate of drug-likeness (QED) is 0.417. The Morgan fingerprint density at radius 2 is 1.58 bits per heavy atom. The molecule has 206 valence electrons. The Kier molecular flexibility index (Phi) is 8.47. The van der Waals surface area contributed by atoms with Crippen molar-refractivity contribution in [1.29, 1.82) is 5.26 Å². The zero-order valence-electron chi connectivity index (χ0n) is 23.6. The van der Waals surface area contributed by atoms with Crippen LogP contribution in [-0.2, 0) is 13.0 Å². The minimum atomic E-state index is -0.657. The molecule has 2 aromatic carbocycles. The van der Waals surface area contributed by atoms with Gasteiger partial charge in [-0.2, -0.15) is 5.26 Å². The molecule has 3 atom stereocenters. The van der Waals surface area contributed by atoms with Crippen LogP contribution in [0, 0.1) is 22.7 Å². The van der Waals surface area contributed by atoms with E-state index in [2.05, 4.69) is 31.9 Å². The molecule has 2 aliphatic rings. The first-order valence-electron chi connectivity index (χ1n) is 13.2. The van der Waals surface area contributed by atoms with E-state index >= 15 is 0 Å². The Hall–Kier alpha value is -3.31. The normalized spacial score (nSPS) is 20.2. The SMILES string of the molecule is COc1c2c(c(OC)c(OC)c1OC)CN(C)C(CCCC(C#N)(C(C)C)C1COc3ccccc3O1)C2. The zero-order valence-corrected chi connectivity index (χ0v) is 23.6. The Labute approximate surface area is 226 Å². The lowest BCUT2D eigenvalue weighted by molar-refractivity contribution is -0.0119. The lowest BCUT2D eigenvalue weighted by atomic mass is 9.70. The highest BCUT2D eigenvalue weighted by atomic mass is 16.6. The fourth-order valence-electron chi connectivity index (χ4n) is 6.01. The molecule has 0 aromatic heterocycles. The maximum Gasteiger partial charge on any atom is 0.207 e. The molecule has 0 bridgehead atoms. The lowest BCUT2D eigenvalue weighted by Gasteiger charge is -2.41. The number of para-hydroxylation sites is 2. The minimum Gasteiger partial charge on any atom is -0.492 e. The van der Waals surface area contributed by atoms with Gasteiger partial charge in [-0.05, 0) is 44.4 Å². The summed E-state index contributed by atoms with van der Waals surface area (Å²) in [5.74, 6) is 4.02. The highest BCUT2D eigenvalue weighted by Gasteiger charge is 2.46. The Balaban J connectivity index is 1.54. The molecule has 2 heterocycles. The first-order chi connectivity index (χ1) is 18.3. The van der Waals surface area contributed by atoms with Gasteiger partial charge in [0.1, 0.15) is 6.61 Å². The van der Waals surface area contributed by atoms with Gasteiger partial charge in [0.05, 0.1) is 39.9 Å². The van der Waals surface area contributed by atoms with Gasteiger partial charge in [0.2, 0.25) is 11.5 Å². The summed E-state index contributed by atoms with van der Waals surface area (Å²) in [6, 6.07) is 10.6. The Bertz CT molecular complexity index is 1180. The standard InChI is InChI=1S/C30H40N2O6/c1-19(2)30(18-31,25-17-37-23-12-8-9-13-24(23)38-25)14-10-11-20-15-21-22(16-32(20)3)27(34-5)29(36-7)28(35-6)26(21)33-4/h8-9,12-13,19-20,25H,10-11,14-17H2,1-7H3. The summed E-state index contributed by atoms with van der Waals surface area (Å²) in [4.78, 5) is 2.34. The van der Waals surface area contributed by atoms with Crippen LogP contribution in [0.4, 0.5) is 0 Å². The van der Waals surface area contributed by atoms with E-state index in [4.69, 9.17) is 28.4 Å². The van der Waals surface area contributed by atoms with Crippen molar-refractivity contribution < 1.29 is 28.4 Å². The van der Waals surface area contributed by atoms with Crippen LogP contribution < -0.4 is 28.4 Å². The van der Waals surface area contributed by atoms with E-state index in [-0.39, 0.29) is 18.1 Å². The van der Waals surface area contributed by atoms with Gasteiger partial charge in [-0.15, -0.1) is 0 Å². The summed E-state index contributed by atoms with van der Waals surface area (Å²) >= 11 is 0. The third kappa shape index (κ3) is 4.80. The van der Waals surface area contributed by atoms with Gasteiger partial charge < -0.3 is 28.4 Å². The van der Waals surface area contributed by atoms with Gasteiger partial charge in [0, 0.05) is 23.7 Å². The fourth-order valence-corrected chi connectivity index (χ4v) is 6.01. The first kappa shape index (κ1) is 27.7. The van der Waals surface area contributed by atoms with Gasteiger partial charge in [0.15, 0.2) is 29.1 Å². The number of benzene rings is 2. The molecule has 0 fully saturated rings. The molecule has 0 N–H and O–H groups in total.